The van der Waals surface area contributed by atoms with Gasteiger partial charge in [0.25, 0.3) is 0 Å². The van der Waals surface area contributed by atoms with Gasteiger partial charge in [0.2, 0.25) is 0 Å². The lowest BCUT2D eigenvalue weighted by Crippen LogP contribution is -2.45. The summed E-state index contributed by atoms with van der Waals surface area (Å²) in [4.78, 5) is 0. The van der Waals surface area contributed by atoms with Crippen LogP contribution in [-0.4, -0.2) is 12.1 Å². The summed E-state index contributed by atoms with van der Waals surface area (Å²) in [5.74, 6) is 0. The second-order valence-corrected chi connectivity index (χ2v) is 5.12. The van der Waals surface area contributed by atoms with Gasteiger partial charge in [-0.15, -0.1) is 0 Å². The molecule has 0 aliphatic rings. The van der Waals surface area contributed by atoms with Gasteiger partial charge in [-0.2, -0.15) is 0 Å². The van der Waals surface area contributed by atoms with Gasteiger partial charge >= 0.3 is 0 Å². The van der Waals surface area contributed by atoms with Crippen LogP contribution in [0.3, 0.4) is 0 Å². The van der Waals surface area contributed by atoms with Crippen LogP contribution in [0.5, 0.6) is 0 Å². The van der Waals surface area contributed by atoms with Crippen molar-refractivity contribution in [1.29, 1.82) is 0 Å². The lowest BCUT2D eigenvalue weighted by atomic mass is 9.84. The molecule has 0 aliphatic carbocycles. The third-order valence-corrected chi connectivity index (χ3v) is 3.72. The smallest absolute Gasteiger partial charge is 0.0178 e. The van der Waals surface area contributed by atoms with E-state index in [0.29, 0.717) is 5.54 Å². The Bertz CT molecular complexity index is 134. The molecular formula is C15H33N. The Balaban J connectivity index is 4.16. The normalized spacial score (nSPS) is 12.0. The molecule has 1 N–H and O–H groups in total. The molecule has 0 atom stereocenters. The third-order valence-electron chi connectivity index (χ3n) is 3.72. The van der Waals surface area contributed by atoms with E-state index in [4.69, 9.17) is 0 Å². The lowest BCUT2D eigenvalue weighted by Gasteiger charge is -2.34. The Labute approximate surface area is 103 Å². The van der Waals surface area contributed by atoms with Crippen molar-refractivity contribution in [3.63, 3.8) is 0 Å². The molecule has 0 spiro atoms. The van der Waals surface area contributed by atoms with Gasteiger partial charge in [-0.1, -0.05) is 59.8 Å². The molecule has 0 aromatic heterocycles. The Morgan fingerprint density at radius 1 is 0.750 bits per heavy atom. The zero-order chi connectivity index (χ0) is 12.3. The summed E-state index contributed by atoms with van der Waals surface area (Å²) in [5, 5.41) is 3.85. The van der Waals surface area contributed by atoms with Gasteiger partial charge in [-0.05, 0) is 32.2 Å². The molecule has 0 unspecified atom stereocenters. The van der Waals surface area contributed by atoms with Gasteiger partial charge in [0.05, 0.1) is 0 Å². The highest BCUT2D eigenvalue weighted by Crippen LogP contribution is 2.25. The Kier molecular flexibility index (Phi) is 10.1. The van der Waals surface area contributed by atoms with E-state index in [9.17, 15) is 0 Å². The molecule has 0 aliphatic heterocycles. The SMILES string of the molecule is CCCCNC(CC)(CCCC)CCCC. The maximum absolute atomic E-state index is 3.85. The summed E-state index contributed by atoms with van der Waals surface area (Å²) >= 11 is 0. The van der Waals surface area contributed by atoms with Crippen molar-refractivity contribution >= 4 is 0 Å². The first kappa shape index (κ1) is 16.0. The summed E-state index contributed by atoms with van der Waals surface area (Å²) in [6, 6.07) is 0. The highest BCUT2D eigenvalue weighted by Gasteiger charge is 2.25. The molecule has 1 nitrogen and oxygen atoms in total. The molecule has 0 saturated carbocycles. The summed E-state index contributed by atoms with van der Waals surface area (Å²) in [6.07, 6.45) is 12.0. The van der Waals surface area contributed by atoms with Gasteiger partial charge in [0, 0.05) is 5.54 Å². The molecule has 0 fully saturated rings. The van der Waals surface area contributed by atoms with Crippen LogP contribution < -0.4 is 5.32 Å². The summed E-state index contributed by atoms with van der Waals surface area (Å²) < 4.78 is 0. The summed E-state index contributed by atoms with van der Waals surface area (Å²) in [7, 11) is 0. The van der Waals surface area contributed by atoms with Crippen molar-refractivity contribution in [3.05, 3.63) is 0 Å². The van der Waals surface area contributed by atoms with E-state index in [0.717, 1.165) is 0 Å². The molecule has 1 heteroatoms. The molecule has 98 valence electrons. The maximum atomic E-state index is 3.85. The fourth-order valence-corrected chi connectivity index (χ4v) is 2.34. The van der Waals surface area contributed by atoms with Crippen molar-refractivity contribution in [2.24, 2.45) is 0 Å². The molecular weight excluding hydrogens is 194 g/mol. The fraction of sp³-hybridized carbons (Fsp3) is 1.00. The van der Waals surface area contributed by atoms with Crippen molar-refractivity contribution in [2.45, 2.75) is 91.0 Å². The quantitative estimate of drug-likeness (QED) is 0.495. The Morgan fingerprint density at radius 3 is 1.62 bits per heavy atom. The van der Waals surface area contributed by atoms with Crippen molar-refractivity contribution in [3.8, 4) is 0 Å². The zero-order valence-electron chi connectivity index (χ0n) is 12.1. The number of nitrogens with one attached hydrogen (secondary N) is 1. The molecule has 0 saturated heterocycles. The van der Waals surface area contributed by atoms with Crippen molar-refractivity contribution < 1.29 is 0 Å². The minimum atomic E-state index is 0.446. The van der Waals surface area contributed by atoms with Crippen LogP contribution in [0.2, 0.25) is 0 Å². The van der Waals surface area contributed by atoms with Crippen LogP contribution in [0.1, 0.15) is 85.5 Å². The first-order valence-corrected chi connectivity index (χ1v) is 7.49. The van der Waals surface area contributed by atoms with Crippen LogP contribution in [0.4, 0.5) is 0 Å². The van der Waals surface area contributed by atoms with E-state index in [2.05, 4.69) is 33.0 Å². The van der Waals surface area contributed by atoms with Crippen LogP contribution >= 0.6 is 0 Å². The summed E-state index contributed by atoms with van der Waals surface area (Å²) in [6.45, 7) is 10.4. The molecule has 0 heterocycles. The Hall–Kier alpha value is -0.0400. The number of hydrogen-bond acceptors (Lipinski definition) is 1. The molecule has 16 heavy (non-hydrogen) atoms. The molecule has 0 bridgehead atoms. The van der Waals surface area contributed by atoms with Crippen molar-refractivity contribution in [2.75, 3.05) is 6.54 Å². The minimum absolute atomic E-state index is 0.446. The van der Waals surface area contributed by atoms with E-state index in [1.54, 1.807) is 0 Å². The van der Waals surface area contributed by atoms with Crippen molar-refractivity contribution in [1.82, 2.24) is 5.32 Å². The molecule has 0 aromatic rings. The van der Waals surface area contributed by atoms with Crippen LogP contribution in [0.15, 0.2) is 0 Å². The van der Waals surface area contributed by atoms with E-state index in [1.807, 2.05) is 0 Å². The molecule has 0 radical (unpaired) electrons. The number of hydrogen-bond donors (Lipinski definition) is 1. The van der Waals surface area contributed by atoms with E-state index >= 15 is 0 Å². The molecule has 0 aromatic carbocycles. The average molecular weight is 227 g/mol. The van der Waals surface area contributed by atoms with E-state index in [1.165, 1.54) is 64.3 Å². The number of unbranched alkanes of at least 4 members (excludes halogenated alkanes) is 3. The summed E-state index contributed by atoms with van der Waals surface area (Å²) in [5.41, 5.74) is 0.446. The first-order valence-electron chi connectivity index (χ1n) is 7.49. The van der Waals surface area contributed by atoms with E-state index < -0.39 is 0 Å². The third kappa shape index (κ3) is 6.52. The van der Waals surface area contributed by atoms with Crippen LogP contribution in [0, 0.1) is 0 Å². The van der Waals surface area contributed by atoms with Gasteiger partial charge < -0.3 is 5.32 Å². The lowest BCUT2D eigenvalue weighted by molar-refractivity contribution is 0.256. The van der Waals surface area contributed by atoms with Crippen LogP contribution in [0.25, 0.3) is 0 Å². The van der Waals surface area contributed by atoms with Gasteiger partial charge in [-0.25, -0.2) is 0 Å². The average Bonchev–Trinajstić information content (AvgIpc) is 2.32. The zero-order valence-corrected chi connectivity index (χ0v) is 12.1. The van der Waals surface area contributed by atoms with Gasteiger partial charge in [-0.3, -0.25) is 0 Å². The molecule has 0 rings (SSSR count). The maximum Gasteiger partial charge on any atom is 0.0178 e. The predicted molar refractivity (Wildman–Crippen MR) is 75.0 cm³/mol. The second-order valence-electron chi connectivity index (χ2n) is 5.12. The fourth-order valence-electron chi connectivity index (χ4n) is 2.34. The van der Waals surface area contributed by atoms with Crippen LogP contribution in [-0.2, 0) is 0 Å². The topological polar surface area (TPSA) is 12.0 Å². The Morgan fingerprint density at radius 2 is 1.25 bits per heavy atom. The first-order chi connectivity index (χ1) is 7.74. The number of rotatable bonds is 11. The predicted octanol–water partition coefficient (Wildman–Crippen LogP) is 4.91. The van der Waals surface area contributed by atoms with Gasteiger partial charge in [0.15, 0.2) is 0 Å². The monoisotopic (exact) mass is 227 g/mol. The standard InChI is InChI=1S/C15H33N/c1-5-9-12-15(8-4,13-10-6-2)16-14-11-7-3/h16H,5-14H2,1-4H3. The highest BCUT2D eigenvalue weighted by atomic mass is 15.0. The largest absolute Gasteiger partial charge is 0.311 e. The molecule has 0 amide bonds. The minimum Gasteiger partial charge on any atom is -0.311 e. The second kappa shape index (κ2) is 10.1. The highest BCUT2D eigenvalue weighted by molar-refractivity contribution is 4.86. The van der Waals surface area contributed by atoms with E-state index in [-0.39, 0.29) is 0 Å². The van der Waals surface area contributed by atoms with Gasteiger partial charge in [0.1, 0.15) is 0 Å².